The summed E-state index contributed by atoms with van der Waals surface area (Å²) in [5, 5.41) is 3.88. The van der Waals surface area contributed by atoms with Crippen LogP contribution in [-0.4, -0.2) is 28.1 Å². The van der Waals surface area contributed by atoms with Crippen molar-refractivity contribution in [1.29, 1.82) is 0 Å². The third-order valence-electron chi connectivity index (χ3n) is 3.09. The number of benzene rings is 1. The summed E-state index contributed by atoms with van der Waals surface area (Å²) >= 11 is 0. The Hall–Kier alpha value is -2.43. The number of ether oxygens (including phenoxy) is 1. The standard InChI is InChI=1S/C16H18N2O3/c1-3-4-12-5-7-13(8-6-12)15(19)11-21-16(20)14-9-17-18(2)10-14/h5-10H,3-4,11H2,1-2H3. The zero-order valence-corrected chi connectivity index (χ0v) is 12.2. The molecule has 2 rings (SSSR count). The van der Waals surface area contributed by atoms with Gasteiger partial charge in [0, 0.05) is 18.8 Å². The molecule has 5 heteroatoms. The first kappa shape index (κ1) is 15.0. The number of aromatic nitrogens is 2. The number of Topliss-reactive ketones (excluding diaryl/α,β-unsaturated/α-hetero) is 1. The van der Waals surface area contributed by atoms with E-state index in [1.807, 2.05) is 12.1 Å². The summed E-state index contributed by atoms with van der Waals surface area (Å²) in [5.74, 6) is -0.755. The van der Waals surface area contributed by atoms with E-state index in [2.05, 4.69) is 12.0 Å². The number of aryl methyl sites for hydroxylation is 2. The van der Waals surface area contributed by atoms with E-state index in [4.69, 9.17) is 4.74 Å². The Kier molecular flexibility index (Phi) is 4.87. The van der Waals surface area contributed by atoms with Gasteiger partial charge in [-0.1, -0.05) is 37.6 Å². The second kappa shape index (κ2) is 6.83. The zero-order valence-electron chi connectivity index (χ0n) is 12.2. The Bertz CT molecular complexity index is 629. The minimum absolute atomic E-state index is 0.213. The van der Waals surface area contributed by atoms with Crippen LogP contribution in [0.3, 0.4) is 0 Å². The van der Waals surface area contributed by atoms with Crippen molar-refractivity contribution in [3.63, 3.8) is 0 Å². The second-order valence-electron chi connectivity index (χ2n) is 4.85. The smallest absolute Gasteiger partial charge is 0.341 e. The molecule has 5 nitrogen and oxygen atoms in total. The maximum Gasteiger partial charge on any atom is 0.341 e. The van der Waals surface area contributed by atoms with Crippen LogP contribution in [0.15, 0.2) is 36.7 Å². The van der Waals surface area contributed by atoms with Crippen LogP contribution in [0.2, 0.25) is 0 Å². The van der Waals surface area contributed by atoms with Gasteiger partial charge in [0.25, 0.3) is 0 Å². The van der Waals surface area contributed by atoms with Crippen molar-refractivity contribution in [3.8, 4) is 0 Å². The van der Waals surface area contributed by atoms with E-state index < -0.39 is 5.97 Å². The summed E-state index contributed by atoms with van der Waals surface area (Å²) in [6.45, 7) is 1.85. The number of esters is 1. The van der Waals surface area contributed by atoms with Gasteiger partial charge < -0.3 is 4.74 Å². The molecule has 110 valence electrons. The highest BCUT2D eigenvalue weighted by molar-refractivity contribution is 5.99. The van der Waals surface area contributed by atoms with Crippen LogP contribution < -0.4 is 0 Å². The van der Waals surface area contributed by atoms with Crippen molar-refractivity contribution < 1.29 is 14.3 Å². The molecule has 0 aliphatic heterocycles. The average molecular weight is 286 g/mol. The maximum absolute atomic E-state index is 12.0. The minimum atomic E-state index is -0.543. The fourth-order valence-electron chi connectivity index (χ4n) is 1.97. The van der Waals surface area contributed by atoms with Crippen LogP contribution in [-0.2, 0) is 18.2 Å². The predicted molar refractivity (Wildman–Crippen MR) is 78.3 cm³/mol. The molecule has 0 radical (unpaired) electrons. The van der Waals surface area contributed by atoms with Crippen LogP contribution in [0.1, 0.15) is 39.6 Å². The van der Waals surface area contributed by atoms with Gasteiger partial charge in [-0.3, -0.25) is 9.48 Å². The number of rotatable bonds is 6. The molecule has 0 amide bonds. The van der Waals surface area contributed by atoms with Crippen molar-refractivity contribution in [2.75, 3.05) is 6.61 Å². The molecule has 0 N–H and O–H groups in total. The molecular formula is C16H18N2O3. The predicted octanol–water partition coefficient (Wildman–Crippen LogP) is 2.41. The van der Waals surface area contributed by atoms with Crippen molar-refractivity contribution in [2.24, 2.45) is 7.05 Å². The van der Waals surface area contributed by atoms with Crippen molar-refractivity contribution >= 4 is 11.8 Å². The molecule has 21 heavy (non-hydrogen) atoms. The van der Waals surface area contributed by atoms with Gasteiger partial charge in [0.1, 0.15) is 0 Å². The first-order valence-corrected chi connectivity index (χ1v) is 6.88. The van der Waals surface area contributed by atoms with Crippen molar-refractivity contribution in [2.45, 2.75) is 19.8 Å². The average Bonchev–Trinajstić information content (AvgIpc) is 2.92. The Morgan fingerprint density at radius 3 is 2.48 bits per heavy atom. The lowest BCUT2D eigenvalue weighted by Gasteiger charge is -2.04. The number of hydrogen-bond acceptors (Lipinski definition) is 4. The van der Waals surface area contributed by atoms with E-state index in [9.17, 15) is 9.59 Å². The number of hydrogen-bond donors (Lipinski definition) is 0. The minimum Gasteiger partial charge on any atom is -0.454 e. The van der Waals surface area contributed by atoms with E-state index in [1.54, 1.807) is 25.4 Å². The van der Waals surface area contributed by atoms with Crippen LogP contribution in [0.4, 0.5) is 0 Å². The summed E-state index contributed by atoms with van der Waals surface area (Å²) in [5.41, 5.74) is 2.08. The molecule has 2 aromatic rings. The molecule has 1 aromatic heterocycles. The highest BCUT2D eigenvalue weighted by Gasteiger charge is 2.13. The van der Waals surface area contributed by atoms with Gasteiger partial charge >= 0.3 is 5.97 Å². The Labute approximate surface area is 123 Å². The van der Waals surface area contributed by atoms with E-state index in [-0.39, 0.29) is 12.4 Å². The van der Waals surface area contributed by atoms with Gasteiger partial charge in [0.2, 0.25) is 0 Å². The third kappa shape index (κ3) is 4.02. The first-order chi connectivity index (χ1) is 10.1. The molecule has 0 aliphatic rings. The van der Waals surface area contributed by atoms with E-state index in [0.717, 1.165) is 12.8 Å². The molecule has 0 fully saturated rings. The van der Waals surface area contributed by atoms with Gasteiger partial charge in [0.15, 0.2) is 12.4 Å². The highest BCUT2D eigenvalue weighted by atomic mass is 16.5. The molecule has 0 bridgehead atoms. The van der Waals surface area contributed by atoms with Gasteiger partial charge in [-0.25, -0.2) is 4.79 Å². The fraction of sp³-hybridized carbons (Fsp3) is 0.312. The Morgan fingerprint density at radius 2 is 1.90 bits per heavy atom. The largest absolute Gasteiger partial charge is 0.454 e. The molecule has 0 unspecified atom stereocenters. The highest BCUT2D eigenvalue weighted by Crippen LogP contribution is 2.08. The second-order valence-corrected chi connectivity index (χ2v) is 4.85. The quantitative estimate of drug-likeness (QED) is 0.604. The van der Waals surface area contributed by atoms with Crippen LogP contribution in [0.5, 0.6) is 0 Å². The van der Waals surface area contributed by atoms with Crippen LogP contribution >= 0.6 is 0 Å². The van der Waals surface area contributed by atoms with E-state index >= 15 is 0 Å². The Morgan fingerprint density at radius 1 is 1.19 bits per heavy atom. The number of carbonyl (C=O) groups excluding carboxylic acids is 2. The molecule has 0 aliphatic carbocycles. The topological polar surface area (TPSA) is 61.2 Å². The molecule has 1 aromatic carbocycles. The number of carbonyl (C=O) groups is 2. The normalized spacial score (nSPS) is 10.4. The van der Waals surface area contributed by atoms with E-state index in [0.29, 0.717) is 11.1 Å². The van der Waals surface area contributed by atoms with Crippen molar-refractivity contribution in [3.05, 3.63) is 53.3 Å². The number of nitrogens with zero attached hydrogens (tertiary/aromatic N) is 2. The summed E-state index contributed by atoms with van der Waals surface area (Å²) in [4.78, 5) is 23.7. The van der Waals surface area contributed by atoms with Crippen molar-refractivity contribution in [1.82, 2.24) is 9.78 Å². The molecule has 0 saturated heterocycles. The van der Waals surface area contributed by atoms with Gasteiger partial charge in [-0.2, -0.15) is 5.10 Å². The summed E-state index contributed by atoms with van der Waals surface area (Å²) < 4.78 is 6.50. The summed E-state index contributed by atoms with van der Waals surface area (Å²) in [6, 6.07) is 7.40. The lowest BCUT2D eigenvalue weighted by molar-refractivity contribution is 0.0474. The van der Waals surface area contributed by atoms with Crippen LogP contribution in [0.25, 0.3) is 0 Å². The maximum atomic E-state index is 12.0. The Balaban J connectivity index is 1.90. The molecule has 0 atom stereocenters. The third-order valence-corrected chi connectivity index (χ3v) is 3.09. The lowest BCUT2D eigenvalue weighted by Crippen LogP contribution is -2.14. The SMILES string of the molecule is CCCc1ccc(C(=O)COC(=O)c2cnn(C)c2)cc1. The molecule has 1 heterocycles. The van der Waals surface area contributed by atoms with Crippen LogP contribution in [0, 0.1) is 0 Å². The summed E-state index contributed by atoms with van der Waals surface area (Å²) in [7, 11) is 1.71. The molecular weight excluding hydrogens is 268 g/mol. The first-order valence-electron chi connectivity index (χ1n) is 6.88. The molecule has 0 spiro atoms. The fourth-order valence-corrected chi connectivity index (χ4v) is 1.97. The van der Waals surface area contributed by atoms with Gasteiger partial charge in [-0.05, 0) is 12.0 Å². The van der Waals surface area contributed by atoms with Gasteiger partial charge in [-0.15, -0.1) is 0 Å². The lowest BCUT2D eigenvalue weighted by atomic mass is 10.1. The van der Waals surface area contributed by atoms with Gasteiger partial charge in [0.05, 0.1) is 11.8 Å². The molecule has 0 saturated carbocycles. The number of ketones is 1. The zero-order chi connectivity index (χ0) is 15.2. The summed E-state index contributed by atoms with van der Waals surface area (Å²) in [6.07, 6.45) is 5.01. The monoisotopic (exact) mass is 286 g/mol. The van der Waals surface area contributed by atoms with E-state index in [1.165, 1.54) is 16.4 Å².